The van der Waals surface area contributed by atoms with E-state index in [2.05, 4.69) is 9.82 Å². The van der Waals surface area contributed by atoms with Gasteiger partial charge in [0, 0.05) is 12.7 Å². The van der Waals surface area contributed by atoms with Crippen LogP contribution in [0.4, 0.5) is 11.5 Å². The minimum absolute atomic E-state index is 0.00123. The second-order valence-corrected chi connectivity index (χ2v) is 6.45. The second-order valence-electron chi connectivity index (χ2n) is 4.83. The molecule has 6 nitrogen and oxygen atoms in total. The molecule has 0 fully saturated rings. The van der Waals surface area contributed by atoms with E-state index < -0.39 is 10.0 Å². The SMILES string of the molecule is Cc1ccc(NS(=O)(=O)c2c(N)nn(C)c2C)cc1C. The summed E-state index contributed by atoms with van der Waals surface area (Å²) in [5.74, 6) is 0.00123. The van der Waals surface area contributed by atoms with Crippen LogP contribution in [0.5, 0.6) is 0 Å². The van der Waals surface area contributed by atoms with Crippen LogP contribution in [0.15, 0.2) is 23.1 Å². The number of anilines is 2. The predicted molar refractivity (Wildman–Crippen MR) is 79.1 cm³/mol. The van der Waals surface area contributed by atoms with Gasteiger partial charge in [-0.05, 0) is 44.0 Å². The molecule has 0 saturated carbocycles. The molecule has 0 amide bonds. The quantitative estimate of drug-likeness (QED) is 0.902. The van der Waals surface area contributed by atoms with Gasteiger partial charge in [-0.25, -0.2) is 8.42 Å². The Morgan fingerprint density at radius 2 is 1.85 bits per heavy atom. The van der Waals surface area contributed by atoms with Crippen LogP contribution in [0, 0.1) is 20.8 Å². The third-order valence-corrected chi connectivity index (χ3v) is 4.88. The Balaban J connectivity index is 2.43. The van der Waals surface area contributed by atoms with Crippen LogP contribution in [-0.2, 0) is 17.1 Å². The summed E-state index contributed by atoms with van der Waals surface area (Å²) in [7, 11) is -2.09. The summed E-state index contributed by atoms with van der Waals surface area (Å²) in [5, 5.41) is 3.93. The molecule has 0 aliphatic rings. The molecule has 108 valence electrons. The maximum absolute atomic E-state index is 12.4. The van der Waals surface area contributed by atoms with Gasteiger partial charge in [0.25, 0.3) is 10.0 Å². The molecule has 2 aromatic rings. The third-order valence-electron chi connectivity index (χ3n) is 3.33. The molecular weight excluding hydrogens is 276 g/mol. The fourth-order valence-corrected chi connectivity index (χ4v) is 3.33. The first kappa shape index (κ1) is 14.4. The Morgan fingerprint density at radius 3 is 2.35 bits per heavy atom. The van der Waals surface area contributed by atoms with Crippen molar-refractivity contribution in [2.24, 2.45) is 7.05 Å². The molecule has 0 radical (unpaired) electrons. The first-order valence-corrected chi connectivity index (χ1v) is 7.60. The average Bonchev–Trinajstić information content (AvgIpc) is 2.58. The number of nitrogens with zero attached hydrogens (tertiary/aromatic N) is 2. The van der Waals surface area contributed by atoms with Crippen molar-refractivity contribution in [3.63, 3.8) is 0 Å². The molecule has 0 atom stereocenters. The number of nitrogen functional groups attached to an aromatic ring is 1. The van der Waals surface area contributed by atoms with Crippen molar-refractivity contribution >= 4 is 21.5 Å². The van der Waals surface area contributed by atoms with Crippen LogP contribution in [0.25, 0.3) is 0 Å². The predicted octanol–water partition coefficient (Wildman–Crippen LogP) is 1.73. The highest BCUT2D eigenvalue weighted by Gasteiger charge is 2.24. The Bertz CT molecular complexity index is 763. The summed E-state index contributed by atoms with van der Waals surface area (Å²) in [6.07, 6.45) is 0. The van der Waals surface area contributed by atoms with Crippen LogP contribution in [-0.4, -0.2) is 18.2 Å². The maximum Gasteiger partial charge on any atom is 0.267 e. The molecule has 2 rings (SSSR count). The number of rotatable bonds is 3. The fourth-order valence-electron chi connectivity index (χ4n) is 1.96. The van der Waals surface area contributed by atoms with E-state index in [4.69, 9.17) is 5.73 Å². The normalized spacial score (nSPS) is 11.6. The summed E-state index contributed by atoms with van der Waals surface area (Å²) in [6, 6.07) is 5.38. The largest absolute Gasteiger partial charge is 0.381 e. The third kappa shape index (κ3) is 2.49. The van der Waals surface area contributed by atoms with E-state index in [0.717, 1.165) is 11.1 Å². The van der Waals surface area contributed by atoms with Crippen LogP contribution >= 0.6 is 0 Å². The van der Waals surface area contributed by atoms with Gasteiger partial charge in [0.2, 0.25) is 0 Å². The van der Waals surface area contributed by atoms with E-state index in [-0.39, 0.29) is 10.7 Å². The molecular formula is C13H18N4O2S. The van der Waals surface area contributed by atoms with Gasteiger partial charge < -0.3 is 5.73 Å². The Labute approximate surface area is 118 Å². The molecule has 0 spiro atoms. The monoisotopic (exact) mass is 294 g/mol. The number of hydrogen-bond acceptors (Lipinski definition) is 4. The van der Waals surface area contributed by atoms with Gasteiger partial charge in [0.05, 0.1) is 5.69 Å². The Morgan fingerprint density at radius 1 is 1.20 bits per heavy atom. The highest BCUT2D eigenvalue weighted by molar-refractivity contribution is 7.93. The van der Waals surface area contributed by atoms with Crippen molar-refractivity contribution < 1.29 is 8.42 Å². The summed E-state index contributed by atoms with van der Waals surface area (Å²) in [6.45, 7) is 5.56. The molecule has 0 aliphatic heterocycles. The van der Waals surface area contributed by atoms with Gasteiger partial charge in [-0.2, -0.15) is 5.10 Å². The van der Waals surface area contributed by atoms with Crippen LogP contribution in [0.3, 0.4) is 0 Å². The van der Waals surface area contributed by atoms with Crippen molar-refractivity contribution in [2.45, 2.75) is 25.7 Å². The molecule has 0 aliphatic carbocycles. The molecule has 20 heavy (non-hydrogen) atoms. The van der Waals surface area contributed by atoms with Gasteiger partial charge in [0.1, 0.15) is 0 Å². The zero-order chi connectivity index (χ0) is 15.1. The maximum atomic E-state index is 12.4. The summed E-state index contributed by atoms with van der Waals surface area (Å²) in [4.78, 5) is 0.0261. The summed E-state index contributed by atoms with van der Waals surface area (Å²) in [5.41, 5.74) is 8.81. The summed E-state index contributed by atoms with van der Waals surface area (Å²) < 4.78 is 28.8. The summed E-state index contributed by atoms with van der Waals surface area (Å²) >= 11 is 0. The number of benzene rings is 1. The van der Waals surface area contributed by atoms with Gasteiger partial charge in [-0.3, -0.25) is 9.40 Å². The zero-order valence-electron chi connectivity index (χ0n) is 11.9. The van der Waals surface area contributed by atoms with Crippen molar-refractivity contribution in [3.05, 3.63) is 35.0 Å². The van der Waals surface area contributed by atoms with Crippen molar-refractivity contribution in [2.75, 3.05) is 10.5 Å². The van der Waals surface area contributed by atoms with Gasteiger partial charge in [0.15, 0.2) is 10.7 Å². The minimum Gasteiger partial charge on any atom is -0.381 e. The molecule has 1 heterocycles. The Kier molecular flexibility index (Phi) is 3.47. The molecule has 0 saturated heterocycles. The molecule has 0 bridgehead atoms. The number of nitrogens with two attached hydrogens (primary N) is 1. The van der Waals surface area contributed by atoms with Gasteiger partial charge in [-0.15, -0.1) is 0 Å². The highest BCUT2D eigenvalue weighted by Crippen LogP contribution is 2.24. The smallest absolute Gasteiger partial charge is 0.267 e. The van der Waals surface area contributed by atoms with E-state index in [9.17, 15) is 8.42 Å². The number of aromatic nitrogens is 2. The molecule has 7 heteroatoms. The first-order valence-electron chi connectivity index (χ1n) is 6.11. The number of hydrogen-bond donors (Lipinski definition) is 2. The van der Waals surface area contributed by atoms with Gasteiger partial charge in [-0.1, -0.05) is 6.07 Å². The van der Waals surface area contributed by atoms with Crippen molar-refractivity contribution in [1.82, 2.24) is 9.78 Å². The second kappa shape index (κ2) is 4.82. The lowest BCUT2D eigenvalue weighted by Gasteiger charge is -2.10. The van der Waals surface area contributed by atoms with Crippen LogP contribution < -0.4 is 10.5 Å². The number of sulfonamides is 1. The van der Waals surface area contributed by atoms with E-state index in [1.807, 2.05) is 19.9 Å². The van der Waals surface area contributed by atoms with E-state index in [1.165, 1.54) is 4.68 Å². The first-order chi connectivity index (χ1) is 9.22. The van der Waals surface area contributed by atoms with Gasteiger partial charge >= 0.3 is 0 Å². The lowest BCUT2D eigenvalue weighted by molar-refractivity contribution is 0.600. The van der Waals surface area contributed by atoms with Crippen LogP contribution in [0.1, 0.15) is 16.8 Å². The molecule has 1 aromatic carbocycles. The van der Waals surface area contributed by atoms with Crippen LogP contribution in [0.2, 0.25) is 0 Å². The van der Waals surface area contributed by atoms with E-state index in [1.54, 1.807) is 26.1 Å². The topological polar surface area (TPSA) is 90.0 Å². The minimum atomic E-state index is -3.74. The molecule has 0 unspecified atom stereocenters. The zero-order valence-corrected chi connectivity index (χ0v) is 12.7. The molecule has 1 aromatic heterocycles. The van der Waals surface area contributed by atoms with Crippen molar-refractivity contribution in [1.29, 1.82) is 0 Å². The van der Waals surface area contributed by atoms with E-state index >= 15 is 0 Å². The lowest BCUT2D eigenvalue weighted by atomic mass is 10.1. The lowest BCUT2D eigenvalue weighted by Crippen LogP contribution is -2.15. The standard InChI is InChI=1S/C13H18N4O2S/c1-8-5-6-11(7-9(8)2)16-20(18,19)12-10(3)17(4)15-13(12)14/h5-7,16H,1-4H3,(H2,14,15). The number of aryl methyl sites for hydroxylation is 3. The fraction of sp³-hybridized carbons (Fsp3) is 0.308. The highest BCUT2D eigenvalue weighted by atomic mass is 32.2. The average molecular weight is 294 g/mol. The Hall–Kier alpha value is -2.02. The molecule has 3 N–H and O–H groups in total. The number of nitrogens with one attached hydrogen (secondary N) is 1. The van der Waals surface area contributed by atoms with Crippen molar-refractivity contribution in [3.8, 4) is 0 Å². The van der Waals surface area contributed by atoms with E-state index in [0.29, 0.717) is 11.4 Å².